The van der Waals surface area contributed by atoms with E-state index in [1.807, 2.05) is 18.2 Å². The van der Waals surface area contributed by atoms with Crippen molar-refractivity contribution in [3.8, 4) is 11.5 Å². The Morgan fingerprint density at radius 2 is 1.79 bits per heavy atom. The van der Waals surface area contributed by atoms with Gasteiger partial charge in [-0.3, -0.25) is 4.79 Å². The third-order valence-corrected chi connectivity index (χ3v) is 3.79. The maximum Gasteiger partial charge on any atom is 0.228 e. The molecule has 7 heteroatoms. The zero-order chi connectivity index (χ0) is 16.9. The van der Waals surface area contributed by atoms with E-state index in [0.29, 0.717) is 29.7 Å². The van der Waals surface area contributed by atoms with Crippen molar-refractivity contribution in [2.45, 2.75) is 19.4 Å². The minimum Gasteiger partial charge on any atom is -0.493 e. The van der Waals surface area contributed by atoms with Gasteiger partial charge < -0.3 is 20.1 Å². The summed E-state index contributed by atoms with van der Waals surface area (Å²) < 4.78 is 10.5. The van der Waals surface area contributed by atoms with E-state index >= 15 is 0 Å². The van der Waals surface area contributed by atoms with Gasteiger partial charge in [-0.2, -0.15) is 0 Å². The van der Waals surface area contributed by atoms with E-state index in [9.17, 15) is 4.79 Å². The van der Waals surface area contributed by atoms with Crippen molar-refractivity contribution in [3.63, 3.8) is 0 Å². The molecule has 0 radical (unpaired) electrons. The lowest BCUT2D eigenvalue weighted by molar-refractivity contribution is -0.117. The number of anilines is 2. The Morgan fingerprint density at radius 1 is 1.08 bits per heavy atom. The Hall–Kier alpha value is -2.83. The standard InChI is InChI=1S/C17H20N4O3/c1-23-13-6-3-11(9-14(13)24-2)10-18-15-7-8-16(21-20-15)19-17(22)12-4-5-12/h3,6-9,12H,4-5,10H2,1-2H3,(H,18,20)(H,19,21,22). The quantitative estimate of drug-likeness (QED) is 0.812. The predicted molar refractivity (Wildman–Crippen MR) is 90.3 cm³/mol. The van der Waals surface area contributed by atoms with E-state index < -0.39 is 0 Å². The zero-order valence-electron chi connectivity index (χ0n) is 13.7. The van der Waals surface area contributed by atoms with E-state index in [0.717, 1.165) is 18.4 Å². The summed E-state index contributed by atoms with van der Waals surface area (Å²) in [5.41, 5.74) is 1.03. The minimum absolute atomic E-state index is 0.0235. The topological polar surface area (TPSA) is 85.4 Å². The average molecular weight is 328 g/mol. The first-order valence-corrected chi connectivity index (χ1v) is 7.79. The molecule has 24 heavy (non-hydrogen) atoms. The molecule has 3 rings (SSSR count). The number of benzene rings is 1. The van der Waals surface area contributed by atoms with Gasteiger partial charge in [0.1, 0.15) is 5.82 Å². The van der Waals surface area contributed by atoms with Gasteiger partial charge in [-0.05, 0) is 42.7 Å². The summed E-state index contributed by atoms with van der Waals surface area (Å²) in [6, 6.07) is 9.24. The first-order chi connectivity index (χ1) is 11.7. The van der Waals surface area contributed by atoms with Crippen molar-refractivity contribution in [1.29, 1.82) is 0 Å². The van der Waals surface area contributed by atoms with Gasteiger partial charge in [-0.15, -0.1) is 10.2 Å². The Bertz CT molecular complexity index is 714. The van der Waals surface area contributed by atoms with Crippen LogP contribution >= 0.6 is 0 Å². The Balaban J connectivity index is 1.57. The SMILES string of the molecule is COc1ccc(CNc2ccc(NC(=O)C3CC3)nn2)cc1OC. The fraction of sp³-hybridized carbons (Fsp3) is 0.353. The summed E-state index contributed by atoms with van der Waals surface area (Å²) >= 11 is 0. The number of hydrogen-bond donors (Lipinski definition) is 2. The normalized spacial score (nSPS) is 13.2. The number of methoxy groups -OCH3 is 2. The predicted octanol–water partition coefficient (Wildman–Crippen LogP) is 2.45. The van der Waals surface area contributed by atoms with Crippen molar-refractivity contribution in [2.75, 3.05) is 24.9 Å². The largest absolute Gasteiger partial charge is 0.493 e. The van der Waals surface area contributed by atoms with E-state index in [1.54, 1.807) is 26.4 Å². The highest BCUT2D eigenvalue weighted by atomic mass is 16.5. The molecular formula is C17H20N4O3. The van der Waals surface area contributed by atoms with E-state index in [-0.39, 0.29) is 11.8 Å². The van der Waals surface area contributed by atoms with Crippen LogP contribution in [-0.2, 0) is 11.3 Å². The number of hydrogen-bond acceptors (Lipinski definition) is 6. The van der Waals surface area contributed by atoms with Gasteiger partial charge in [0.2, 0.25) is 5.91 Å². The van der Waals surface area contributed by atoms with Crippen molar-refractivity contribution < 1.29 is 14.3 Å². The highest BCUT2D eigenvalue weighted by Crippen LogP contribution is 2.30. The third-order valence-electron chi connectivity index (χ3n) is 3.79. The van der Waals surface area contributed by atoms with Crippen LogP contribution in [0.15, 0.2) is 30.3 Å². The summed E-state index contributed by atoms with van der Waals surface area (Å²) in [5, 5.41) is 14.0. The molecule has 1 aliphatic rings. The molecule has 1 aliphatic carbocycles. The first kappa shape index (κ1) is 16.0. The van der Waals surface area contributed by atoms with Gasteiger partial charge in [0.25, 0.3) is 0 Å². The van der Waals surface area contributed by atoms with Gasteiger partial charge in [-0.1, -0.05) is 6.07 Å². The van der Waals surface area contributed by atoms with Gasteiger partial charge in [-0.25, -0.2) is 0 Å². The van der Waals surface area contributed by atoms with Crippen LogP contribution in [0, 0.1) is 5.92 Å². The second kappa shape index (κ2) is 7.16. The van der Waals surface area contributed by atoms with E-state index in [2.05, 4.69) is 20.8 Å². The van der Waals surface area contributed by atoms with Crippen LogP contribution in [-0.4, -0.2) is 30.3 Å². The molecule has 0 saturated heterocycles. The second-order valence-electron chi connectivity index (χ2n) is 5.61. The minimum atomic E-state index is 0.0235. The molecule has 0 atom stereocenters. The van der Waals surface area contributed by atoms with Crippen LogP contribution in [0.4, 0.5) is 11.6 Å². The molecule has 1 fully saturated rings. The molecule has 0 bridgehead atoms. The lowest BCUT2D eigenvalue weighted by Gasteiger charge is -2.10. The summed E-state index contributed by atoms with van der Waals surface area (Å²) in [4.78, 5) is 11.7. The summed E-state index contributed by atoms with van der Waals surface area (Å²) in [7, 11) is 3.21. The molecule has 1 amide bonds. The molecule has 0 unspecified atom stereocenters. The maximum atomic E-state index is 11.7. The molecule has 126 valence electrons. The van der Waals surface area contributed by atoms with Crippen LogP contribution in [0.2, 0.25) is 0 Å². The zero-order valence-corrected chi connectivity index (χ0v) is 13.7. The van der Waals surface area contributed by atoms with Gasteiger partial charge in [0, 0.05) is 12.5 Å². The number of ether oxygens (including phenoxy) is 2. The van der Waals surface area contributed by atoms with Crippen LogP contribution in [0.1, 0.15) is 18.4 Å². The summed E-state index contributed by atoms with van der Waals surface area (Å²) in [6.07, 6.45) is 1.93. The highest BCUT2D eigenvalue weighted by molar-refractivity contribution is 5.93. The van der Waals surface area contributed by atoms with Crippen molar-refractivity contribution >= 4 is 17.5 Å². The van der Waals surface area contributed by atoms with Crippen LogP contribution < -0.4 is 20.1 Å². The molecule has 1 aromatic heterocycles. The van der Waals surface area contributed by atoms with Gasteiger partial charge in [0.15, 0.2) is 17.3 Å². The second-order valence-corrected chi connectivity index (χ2v) is 5.61. The summed E-state index contributed by atoms with van der Waals surface area (Å²) in [6.45, 7) is 0.572. The number of amides is 1. The number of nitrogens with one attached hydrogen (secondary N) is 2. The maximum absolute atomic E-state index is 11.7. The monoisotopic (exact) mass is 328 g/mol. The third kappa shape index (κ3) is 3.92. The summed E-state index contributed by atoms with van der Waals surface area (Å²) in [5.74, 6) is 2.65. The fourth-order valence-corrected chi connectivity index (χ4v) is 2.25. The molecule has 2 N–H and O–H groups in total. The lowest BCUT2D eigenvalue weighted by Crippen LogP contribution is -2.15. The number of carbonyl (C=O) groups is 1. The van der Waals surface area contributed by atoms with Gasteiger partial charge >= 0.3 is 0 Å². The Labute approximate surface area is 140 Å². The average Bonchev–Trinajstić information content (AvgIpc) is 3.46. The number of nitrogens with zero attached hydrogens (tertiary/aromatic N) is 2. The Morgan fingerprint density at radius 3 is 2.42 bits per heavy atom. The first-order valence-electron chi connectivity index (χ1n) is 7.79. The highest BCUT2D eigenvalue weighted by Gasteiger charge is 2.29. The van der Waals surface area contributed by atoms with Crippen molar-refractivity contribution in [1.82, 2.24) is 10.2 Å². The molecule has 7 nitrogen and oxygen atoms in total. The van der Waals surface area contributed by atoms with Gasteiger partial charge in [0.05, 0.1) is 14.2 Å². The molecule has 1 heterocycles. The molecular weight excluding hydrogens is 308 g/mol. The van der Waals surface area contributed by atoms with Crippen LogP contribution in [0.25, 0.3) is 0 Å². The molecule has 0 spiro atoms. The fourth-order valence-electron chi connectivity index (χ4n) is 2.25. The van der Waals surface area contributed by atoms with Crippen LogP contribution in [0.5, 0.6) is 11.5 Å². The van der Waals surface area contributed by atoms with E-state index in [4.69, 9.17) is 9.47 Å². The number of rotatable bonds is 7. The number of carbonyl (C=O) groups excluding carboxylic acids is 1. The smallest absolute Gasteiger partial charge is 0.228 e. The van der Waals surface area contributed by atoms with Crippen molar-refractivity contribution in [3.05, 3.63) is 35.9 Å². The van der Waals surface area contributed by atoms with E-state index in [1.165, 1.54) is 0 Å². The molecule has 1 aromatic carbocycles. The lowest BCUT2D eigenvalue weighted by atomic mass is 10.2. The molecule has 0 aliphatic heterocycles. The van der Waals surface area contributed by atoms with Crippen LogP contribution in [0.3, 0.4) is 0 Å². The van der Waals surface area contributed by atoms with Crippen molar-refractivity contribution in [2.24, 2.45) is 5.92 Å². The Kier molecular flexibility index (Phi) is 4.79. The molecule has 2 aromatic rings. The molecule has 1 saturated carbocycles. The number of aromatic nitrogens is 2.